The van der Waals surface area contributed by atoms with E-state index in [0.29, 0.717) is 23.8 Å². The van der Waals surface area contributed by atoms with Gasteiger partial charge in [0, 0.05) is 18.3 Å². The zero-order valence-corrected chi connectivity index (χ0v) is 11.5. The summed E-state index contributed by atoms with van der Waals surface area (Å²) in [6, 6.07) is 5.92. The lowest BCUT2D eigenvalue weighted by molar-refractivity contribution is 0.0926. The van der Waals surface area contributed by atoms with Gasteiger partial charge in [-0.2, -0.15) is 0 Å². The summed E-state index contributed by atoms with van der Waals surface area (Å²) < 4.78 is 14.6. The molecular weight excluding hydrogens is 271 g/mol. The van der Waals surface area contributed by atoms with E-state index >= 15 is 0 Å². The zero-order valence-electron chi connectivity index (χ0n) is 11.5. The third kappa shape index (κ3) is 2.95. The van der Waals surface area contributed by atoms with Gasteiger partial charge in [-0.1, -0.05) is 0 Å². The Bertz CT molecular complexity index is 633. The predicted octanol–water partition coefficient (Wildman–Crippen LogP) is 1.48. The average molecular weight is 288 g/mol. The molecule has 3 rings (SSSR count). The Hall–Kier alpha value is -2.21. The third-order valence-corrected chi connectivity index (χ3v) is 3.74. The standard InChI is InChI=1S/C15H17FN4O/c16-11-3-5-12(6-4-11)20-9-18-8-14(20)15(21)19-13(7-17)10-1-2-10/h3-6,8-10,13H,1-2,7,17H2,(H,19,21). The van der Waals surface area contributed by atoms with Crippen molar-refractivity contribution < 1.29 is 9.18 Å². The van der Waals surface area contributed by atoms with Crippen LogP contribution in [0.1, 0.15) is 23.3 Å². The number of carbonyl (C=O) groups excluding carboxylic acids is 1. The molecule has 1 amide bonds. The fraction of sp³-hybridized carbons (Fsp3) is 0.333. The van der Waals surface area contributed by atoms with Gasteiger partial charge in [-0.15, -0.1) is 0 Å². The van der Waals surface area contributed by atoms with Crippen LogP contribution in [0.15, 0.2) is 36.8 Å². The van der Waals surface area contributed by atoms with Crippen molar-refractivity contribution in [2.45, 2.75) is 18.9 Å². The first-order chi connectivity index (χ1) is 10.2. The first-order valence-corrected chi connectivity index (χ1v) is 6.98. The molecule has 2 aromatic rings. The van der Waals surface area contributed by atoms with E-state index in [-0.39, 0.29) is 17.8 Å². The lowest BCUT2D eigenvalue weighted by Gasteiger charge is -2.16. The molecule has 3 N–H and O–H groups in total. The molecular formula is C15H17FN4O. The number of hydrogen-bond donors (Lipinski definition) is 2. The van der Waals surface area contributed by atoms with Crippen molar-refractivity contribution in [3.63, 3.8) is 0 Å². The van der Waals surface area contributed by atoms with Gasteiger partial charge in [0.25, 0.3) is 5.91 Å². The predicted molar refractivity (Wildman–Crippen MR) is 76.6 cm³/mol. The Labute approximate surface area is 122 Å². The van der Waals surface area contributed by atoms with Gasteiger partial charge in [0.05, 0.1) is 12.5 Å². The fourth-order valence-corrected chi connectivity index (χ4v) is 2.38. The topological polar surface area (TPSA) is 72.9 Å². The molecule has 1 fully saturated rings. The number of rotatable bonds is 5. The largest absolute Gasteiger partial charge is 0.346 e. The van der Waals surface area contributed by atoms with Gasteiger partial charge in [0.1, 0.15) is 11.5 Å². The number of nitrogens with two attached hydrogens (primary N) is 1. The Kier molecular flexibility index (Phi) is 3.70. The van der Waals surface area contributed by atoms with E-state index in [2.05, 4.69) is 10.3 Å². The maximum atomic E-state index is 13.0. The number of hydrogen-bond acceptors (Lipinski definition) is 3. The first kappa shape index (κ1) is 13.8. The molecule has 110 valence electrons. The van der Waals surface area contributed by atoms with Crippen molar-refractivity contribution in [3.05, 3.63) is 48.3 Å². The molecule has 21 heavy (non-hydrogen) atoms. The number of carbonyl (C=O) groups is 1. The van der Waals surface area contributed by atoms with Crippen LogP contribution in [0.5, 0.6) is 0 Å². The summed E-state index contributed by atoms with van der Waals surface area (Å²) in [6.45, 7) is 0.432. The van der Waals surface area contributed by atoms with Crippen molar-refractivity contribution in [1.82, 2.24) is 14.9 Å². The molecule has 5 nitrogen and oxygen atoms in total. The molecule has 1 aromatic carbocycles. The highest BCUT2D eigenvalue weighted by atomic mass is 19.1. The monoisotopic (exact) mass is 288 g/mol. The van der Waals surface area contributed by atoms with Crippen LogP contribution in [-0.2, 0) is 0 Å². The lowest BCUT2D eigenvalue weighted by Crippen LogP contribution is -2.42. The summed E-state index contributed by atoms with van der Waals surface area (Å²) in [5.41, 5.74) is 6.81. The lowest BCUT2D eigenvalue weighted by atomic mass is 10.2. The Morgan fingerprint density at radius 1 is 1.43 bits per heavy atom. The van der Waals surface area contributed by atoms with Crippen LogP contribution in [0.4, 0.5) is 4.39 Å². The first-order valence-electron chi connectivity index (χ1n) is 6.98. The number of nitrogens with one attached hydrogen (secondary N) is 1. The molecule has 1 heterocycles. The third-order valence-electron chi connectivity index (χ3n) is 3.74. The van der Waals surface area contributed by atoms with Crippen LogP contribution >= 0.6 is 0 Å². The molecule has 1 aliphatic rings. The van der Waals surface area contributed by atoms with E-state index < -0.39 is 0 Å². The molecule has 1 atom stereocenters. The van der Waals surface area contributed by atoms with Crippen LogP contribution in [0.25, 0.3) is 5.69 Å². The van der Waals surface area contributed by atoms with Gasteiger partial charge in [0.2, 0.25) is 0 Å². The summed E-state index contributed by atoms with van der Waals surface area (Å²) >= 11 is 0. The maximum absolute atomic E-state index is 13.0. The van der Waals surface area contributed by atoms with Gasteiger partial charge in [0.15, 0.2) is 0 Å². The van der Waals surface area contributed by atoms with E-state index in [9.17, 15) is 9.18 Å². The van der Waals surface area contributed by atoms with Crippen molar-refractivity contribution in [3.8, 4) is 5.69 Å². The number of halogens is 1. The number of nitrogens with zero attached hydrogens (tertiary/aromatic N) is 2. The number of benzene rings is 1. The Morgan fingerprint density at radius 2 is 2.14 bits per heavy atom. The number of amides is 1. The van der Waals surface area contributed by atoms with E-state index in [1.807, 2.05) is 0 Å². The second-order valence-corrected chi connectivity index (χ2v) is 5.28. The molecule has 0 spiro atoms. The summed E-state index contributed by atoms with van der Waals surface area (Å²) in [5, 5.41) is 2.95. The van der Waals surface area contributed by atoms with E-state index in [1.165, 1.54) is 24.7 Å². The molecule has 0 saturated heterocycles. The highest BCUT2D eigenvalue weighted by molar-refractivity contribution is 5.93. The highest BCUT2D eigenvalue weighted by Gasteiger charge is 2.31. The fourth-order valence-electron chi connectivity index (χ4n) is 2.38. The van der Waals surface area contributed by atoms with E-state index in [0.717, 1.165) is 12.8 Å². The van der Waals surface area contributed by atoms with E-state index in [1.54, 1.807) is 16.7 Å². The quantitative estimate of drug-likeness (QED) is 0.875. The molecule has 1 aromatic heterocycles. The molecule has 1 aliphatic carbocycles. The van der Waals surface area contributed by atoms with Crippen LogP contribution in [0.2, 0.25) is 0 Å². The maximum Gasteiger partial charge on any atom is 0.270 e. The molecule has 0 radical (unpaired) electrons. The van der Waals surface area contributed by atoms with Crippen LogP contribution < -0.4 is 11.1 Å². The molecule has 6 heteroatoms. The van der Waals surface area contributed by atoms with E-state index in [4.69, 9.17) is 5.73 Å². The SMILES string of the molecule is NCC(NC(=O)c1cncn1-c1ccc(F)cc1)C1CC1. The Morgan fingerprint density at radius 3 is 2.76 bits per heavy atom. The second-order valence-electron chi connectivity index (χ2n) is 5.28. The van der Waals surface area contributed by atoms with Gasteiger partial charge < -0.3 is 11.1 Å². The molecule has 0 bridgehead atoms. The highest BCUT2D eigenvalue weighted by Crippen LogP contribution is 2.32. The summed E-state index contributed by atoms with van der Waals surface area (Å²) in [4.78, 5) is 16.4. The summed E-state index contributed by atoms with van der Waals surface area (Å²) in [5.74, 6) is -0.0397. The zero-order chi connectivity index (χ0) is 14.8. The smallest absolute Gasteiger partial charge is 0.270 e. The van der Waals surface area contributed by atoms with Crippen LogP contribution in [-0.4, -0.2) is 28.0 Å². The number of aromatic nitrogens is 2. The minimum absolute atomic E-state index is 0.00840. The van der Waals surface area contributed by atoms with Gasteiger partial charge >= 0.3 is 0 Å². The van der Waals surface area contributed by atoms with Gasteiger partial charge in [-0.05, 0) is 43.0 Å². The number of imidazole rings is 1. The van der Waals surface area contributed by atoms with Crippen molar-refractivity contribution >= 4 is 5.91 Å². The molecule has 0 aliphatic heterocycles. The minimum Gasteiger partial charge on any atom is -0.346 e. The van der Waals surface area contributed by atoms with Crippen molar-refractivity contribution in [2.24, 2.45) is 11.7 Å². The second kappa shape index (κ2) is 5.65. The molecule has 1 unspecified atom stereocenters. The normalized spacial score (nSPS) is 15.7. The van der Waals surface area contributed by atoms with Gasteiger partial charge in [-0.3, -0.25) is 9.36 Å². The average Bonchev–Trinajstić information content (AvgIpc) is 3.21. The summed E-state index contributed by atoms with van der Waals surface area (Å²) in [6.07, 6.45) is 5.26. The van der Waals surface area contributed by atoms with Crippen LogP contribution in [0, 0.1) is 11.7 Å². The Balaban J connectivity index is 1.81. The summed E-state index contributed by atoms with van der Waals surface area (Å²) in [7, 11) is 0. The van der Waals surface area contributed by atoms with Crippen LogP contribution in [0.3, 0.4) is 0 Å². The molecule has 1 saturated carbocycles. The minimum atomic E-state index is -0.318. The van der Waals surface area contributed by atoms with Gasteiger partial charge in [-0.25, -0.2) is 9.37 Å². The van der Waals surface area contributed by atoms with Crippen molar-refractivity contribution in [1.29, 1.82) is 0 Å². The van der Waals surface area contributed by atoms with Crippen molar-refractivity contribution in [2.75, 3.05) is 6.54 Å².